The molecule has 0 aromatic heterocycles. The number of allylic oxidation sites excluding steroid dienone is 3. The van der Waals surface area contributed by atoms with Crippen molar-refractivity contribution in [1.82, 2.24) is 0 Å². The van der Waals surface area contributed by atoms with Gasteiger partial charge >= 0.3 is 0 Å². The van der Waals surface area contributed by atoms with Gasteiger partial charge in [0.25, 0.3) is 0 Å². The molecule has 0 radical (unpaired) electrons. The van der Waals surface area contributed by atoms with Crippen molar-refractivity contribution in [2.75, 3.05) is 0 Å². The first kappa shape index (κ1) is 9.52. The molecule has 0 aliphatic carbocycles. The zero-order valence-corrected chi connectivity index (χ0v) is 4.85. The molecule has 0 unspecified atom stereocenters. The third-order valence-electron chi connectivity index (χ3n) is 0.329. The fraction of sp³-hybridized carbons (Fsp3) is 0.143. The average molecular weight is 96.2 g/mol. The maximum atomic E-state index is 3.46. The van der Waals surface area contributed by atoms with Crippen LogP contribution in [0, 0.1) is 0 Å². The highest BCUT2D eigenvalue weighted by molar-refractivity contribution is 4.94. The minimum Gasteiger partial charge on any atom is -0.106 e. The van der Waals surface area contributed by atoms with E-state index in [1.54, 1.807) is 6.08 Å². The van der Waals surface area contributed by atoms with Crippen LogP contribution < -0.4 is 0 Å². The van der Waals surface area contributed by atoms with Crippen LogP contribution in [0.4, 0.5) is 0 Å². The van der Waals surface area contributed by atoms with Crippen molar-refractivity contribution >= 4 is 0 Å². The maximum absolute atomic E-state index is 3.46. The highest BCUT2D eigenvalue weighted by Crippen LogP contribution is 1.64. The molecule has 0 amide bonds. The summed E-state index contributed by atoms with van der Waals surface area (Å²) in [6.07, 6.45) is 5.58. The monoisotopic (exact) mass is 96.1 g/mol. The zero-order valence-electron chi connectivity index (χ0n) is 4.85. The van der Waals surface area contributed by atoms with Gasteiger partial charge < -0.3 is 0 Å². The van der Waals surface area contributed by atoms with E-state index in [1.807, 2.05) is 19.1 Å². The minimum atomic E-state index is 1.75. The van der Waals surface area contributed by atoms with Gasteiger partial charge in [-0.1, -0.05) is 24.8 Å². The third-order valence-corrected chi connectivity index (χ3v) is 0.329. The Bertz CT molecular complexity index is 51.1. The van der Waals surface area contributed by atoms with E-state index >= 15 is 0 Å². The SMILES string of the molecule is C=C.C=CC=CC. The van der Waals surface area contributed by atoms with Crippen molar-refractivity contribution in [2.45, 2.75) is 6.92 Å². The van der Waals surface area contributed by atoms with Crippen molar-refractivity contribution in [3.05, 3.63) is 38.0 Å². The van der Waals surface area contributed by atoms with Gasteiger partial charge in [-0.2, -0.15) is 0 Å². The fourth-order valence-corrected chi connectivity index (χ4v) is 0.136. The summed E-state index contributed by atoms with van der Waals surface area (Å²) in [6.45, 7) is 11.4. The molecular weight excluding hydrogens is 84.1 g/mol. The largest absolute Gasteiger partial charge is 0.106 e. The van der Waals surface area contributed by atoms with Gasteiger partial charge in [-0.05, 0) is 6.92 Å². The van der Waals surface area contributed by atoms with Crippen LogP contribution in [0.2, 0.25) is 0 Å². The highest BCUT2D eigenvalue weighted by atomic mass is 13.5. The molecule has 40 valence electrons. The van der Waals surface area contributed by atoms with Gasteiger partial charge in [0, 0.05) is 0 Å². The predicted octanol–water partition coefficient (Wildman–Crippen LogP) is 2.55. The molecule has 0 N–H and O–H groups in total. The van der Waals surface area contributed by atoms with Crippen molar-refractivity contribution in [3.63, 3.8) is 0 Å². The Balaban J connectivity index is 0. The molecule has 0 fully saturated rings. The molecule has 0 spiro atoms. The Labute approximate surface area is 45.9 Å². The van der Waals surface area contributed by atoms with Crippen molar-refractivity contribution in [2.24, 2.45) is 0 Å². The molecule has 0 saturated heterocycles. The first-order chi connectivity index (χ1) is 3.41. The van der Waals surface area contributed by atoms with Crippen LogP contribution in [0.1, 0.15) is 6.92 Å². The molecule has 0 atom stereocenters. The van der Waals surface area contributed by atoms with E-state index in [9.17, 15) is 0 Å². The average Bonchev–Trinajstić information content (AvgIpc) is 1.75. The summed E-state index contributed by atoms with van der Waals surface area (Å²) < 4.78 is 0. The number of rotatable bonds is 1. The summed E-state index contributed by atoms with van der Waals surface area (Å²) >= 11 is 0. The Hall–Kier alpha value is -0.780. The Morgan fingerprint density at radius 1 is 1.29 bits per heavy atom. The summed E-state index contributed by atoms with van der Waals surface area (Å²) in [5.41, 5.74) is 0. The summed E-state index contributed by atoms with van der Waals surface area (Å²) in [7, 11) is 0. The van der Waals surface area contributed by atoms with Crippen LogP contribution in [0.5, 0.6) is 0 Å². The first-order valence-corrected chi connectivity index (χ1v) is 2.15. The summed E-state index contributed by atoms with van der Waals surface area (Å²) in [5, 5.41) is 0. The van der Waals surface area contributed by atoms with E-state index < -0.39 is 0 Å². The summed E-state index contributed by atoms with van der Waals surface area (Å²) in [5.74, 6) is 0. The van der Waals surface area contributed by atoms with E-state index in [2.05, 4.69) is 19.7 Å². The van der Waals surface area contributed by atoms with Gasteiger partial charge in [0.15, 0.2) is 0 Å². The molecule has 0 aliphatic heterocycles. The second kappa shape index (κ2) is 18.9. The van der Waals surface area contributed by atoms with Gasteiger partial charge in [-0.25, -0.2) is 0 Å². The van der Waals surface area contributed by atoms with Crippen LogP contribution in [0.25, 0.3) is 0 Å². The topological polar surface area (TPSA) is 0 Å². The molecule has 0 aromatic rings. The van der Waals surface area contributed by atoms with Gasteiger partial charge in [0.1, 0.15) is 0 Å². The Morgan fingerprint density at radius 3 is 1.71 bits per heavy atom. The molecule has 0 heteroatoms. The Kier molecular flexibility index (Phi) is 25.6. The summed E-state index contributed by atoms with van der Waals surface area (Å²) in [4.78, 5) is 0. The number of hydrogen-bond acceptors (Lipinski definition) is 0. The highest BCUT2D eigenvalue weighted by Gasteiger charge is 1.42. The second-order valence-electron chi connectivity index (χ2n) is 0.761. The van der Waals surface area contributed by atoms with Crippen molar-refractivity contribution in [1.29, 1.82) is 0 Å². The van der Waals surface area contributed by atoms with Crippen molar-refractivity contribution < 1.29 is 0 Å². The molecule has 0 nitrogen and oxygen atoms in total. The lowest BCUT2D eigenvalue weighted by molar-refractivity contribution is 1.74. The normalized spacial score (nSPS) is 7.00. The van der Waals surface area contributed by atoms with Crippen LogP contribution >= 0.6 is 0 Å². The second-order valence-corrected chi connectivity index (χ2v) is 0.761. The third kappa shape index (κ3) is 36.4. The fourth-order valence-electron chi connectivity index (χ4n) is 0.136. The minimum absolute atomic E-state index is 1.75. The molecule has 0 aliphatic rings. The smallest absolute Gasteiger partial charge is 0.0467 e. The van der Waals surface area contributed by atoms with Gasteiger partial charge in [0.2, 0.25) is 0 Å². The predicted molar refractivity (Wildman–Crippen MR) is 36.3 cm³/mol. The first-order valence-electron chi connectivity index (χ1n) is 2.15. The van der Waals surface area contributed by atoms with Crippen molar-refractivity contribution in [3.8, 4) is 0 Å². The maximum Gasteiger partial charge on any atom is -0.0467 e. The van der Waals surface area contributed by atoms with Crippen LogP contribution in [0.3, 0.4) is 0 Å². The molecule has 7 heavy (non-hydrogen) atoms. The summed E-state index contributed by atoms with van der Waals surface area (Å²) in [6, 6.07) is 0. The van der Waals surface area contributed by atoms with E-state index in [-0.39, 0.29) is 0 Å². The molecule has 0 heterocycles. The van der Waals surface area contributed by atoms with Crippen LogP contribution in [-0.4, -0.2) is 0 Å². The van der Waals surface area contributed by atoms with Gasteiger partial charge in [-0.3, -0.25) is 0 Å². The molecular formula is C7H12. The lowest BCUT2D eigenvalue weighted by Crippen LogP contribution is -1.33. The molecule has 0 saturated carbocycles. The van der Waals surface area contributed by atoms with Gasteiger partial charge in [-0.15, -0.1) is 13.2 Å². The van der Waals surface area contributed by atoms with E-state index in [4.69, 9.17) is 0 Å². The molecule has 0 aromatic carbocycles. The molecule has 0 rings (SSSR count). The Morgan fingerprint density at radius 2 is 1.71 bits per heavy atom. The van der Waals surface area contributed by atoms with E-state index in [0.29, 0.717) is 0 Å². The lowest BCUT2D eigenvalue weighted by Gasteiger charge is -1.56. The van der Waals surface area contributed by atoms with E-state index in [0.717, 1.165) is 0 Å². The van der Waals surface area contributed by atoms with Gasteiger partial charge in [0.05, 0.1) is 0 Å². The lowest BCUT2D eigenvalue weighted by atomic mass is 10.5. The zero-order chi connectivity index (χ0) is 6.12. The number of hydrogen-bond donors (Lipinski definition) is 0. The quantitative estimate of drug-likeness (QED) is 0.347. The van der Waals surface area contributed by atoms with Crippen LogP contribution in [-0.2, 0) is 0 Å². The standard InChI is InChI=1S/C5H8.C2H4/c1-3-5-4-2;1-2/h3-5H,1H2,2H3;1-2H2. The van der Waals surface area contributed by atoms with Crippen LogP contribution in [0.15, 0.2) is 38.0 Å². The van der Waals surface area contributed by atoms with E-state index in [1.165, 1.54) is 0 Å². The molecule has 0 bridgehead atoms.